The van der Waals surface area contributed by atoms with Gasteiger partial charge in [0.2, 0.25) is 5.91 Å². The Hall–Kier alpha value is -1.00. The lowest BCUT2D eigenvalue weighted by atomic mass is 10.1. The first kappa shape index (κ1) is 14.4. The van der Waals surface area contributed by atoms with Gasteiger partial charge in [-0.2, -0.15) is 0 Å². The van der Waals surface area contributed by atoms with Crippen molar-refractivity contribution in [2.75, 3.05) is 18.8 Å². The number of benzene rings is 1. The first-order valence-electron chi connectivity index (χ1n) is 6.92. The maximum Gasteiger partial charge on any atom is 0.230 e. The van der Waals surface area contributed by atoms with E-state index >= 15 is 0 Å². The Kier molecular flexibility index (Phi) is 5.73. The van der Waals surface area contributed by atoms with Crippen LogP contribution in [0.15, 0.2) is 30.3 Å². The molecule has 1 heterocycles. The summed E-state index contributed by atoms with van der Waals surface area (Å²) in [6.45, 7) is 4.20. The van der Waals surface area contributed by atoms with Crippen LogP contribution in [0.4, 0.5) is 0 Å². The number of hydrogen-bond donors (Lipinski definition) is 2. The maximum absolute atomic E-state index is 11.9. The Balaban J connectivity index is 1.71. The molecule has 2 N–H and O–H groups in total. The lowest BCUT2D eigenvalue weighted by molar-refractivity contribution is -0.119. The molecule has 1 amide bonds. The molecule has 19 heavy (non-hydrogen) atoms. The van der Waals surface area contributed by atoms with Gasteiger partial charge in [0.1, 0.15) is 0 Å². The first-order valence-corrected chi connectivity index (χ1v) is 7.97. The van der Waals surface area contributed by atoms with Gasteiger partial charge >= 0.3 is 0 Å². The van der Waals surface area contributed by atoms with Crippen LogP contribution in [0.25, 0.3) is 0 Å². The molecule has 0 spiro atoms. The zero-order chi connectivity index (χ0) is 13.5. The van der Waals surface area contributed by atoms with Crippen LogP contribution in [0.5, 0.6) is 0 Å². The van der Waals surface area contributed by atoms with E-state index in [0.29, 0.717) is 11.0 Å². The average molecular weight is 278 g/mol. The Bertz CT molecular complexity index is 390. The minimum absolute atomic E-state index is 0.0855. The van der Waals surface area contributed by atoms with Crippen LogP contribution in [-0.2, 0) is 4.79 Å². The summed E-state index contributed by atoms with van der Waals surface area (Å²) in [5, 5.41) is 7.04. The lowest BCUT2D eigenvalue weighted by Gasteiger charge is -2.22. The summed E-state index contributed by atoms with van der Waals surface area (Å²) in [7, 11) is 0. The fraction of sp³-hybridized carbons (Fsp3) is 0.533. The predicted molar refractivity (Wildman–Crippen MR) is 81.3 cm³/mol. The fourth-order valence-electron chi connectivity index (χ4n) is 2.26. The zero-order valence-corrected chi connectivity index (χ0v) is 12.2. The molecule has 0 radical (unpaired) electrons. The van der Waals surface area contributed by atoms with Gasteiger partial charge in [0.05, 0.1) is 11.8 Å². The molecule has 1 atom stereocenters. The molecule has 104 valence electrons. The molecule has 1 aromatic rings. The quantitative estimate of drug-likeness (QED) is 0.868. The second-order valence-electron chi connectivity index (χ2n) is 4.96. The summed E-state index contributed by atoms with van der Waals surface area (Å²) in [5.41, 5.74) is 1.16. The predicted octanol–water partition coefficient (Wildman–Crippen LogP) is 2.35. The van der Waals surface area contributed by atoms with E-state index in [2.05, 4.69) is 10.6 Å². The molecule has 1 unspecified atom stereocenters. The van der Waals surface area contributed by atoms with Crippen LogP contribution in [0.3, 0.4) is 0 Å². The number of rotatable bonds is 5. The number of carbonyl (C=O) groups excluding carboxylic acids is 1. The third-order valence-electron chi connectivity index (χ3n) is 3.41. The number of amides is 1. The van der Waals surface area contributed by atoms with E-state index in [1.165, 1.54) is 12.8 Å². The van der Waals surface area contributed by atoms with Crippen molar-refractivity contribution < 1.29 is 4.79 Å². The van der Waals surface area contributed by atoms with Gasteiger partial charge in [-0.05, 0) is 38.4 Å². The summed E-state index contributed by atoms with van der Waals surface area (Å²) >= 11 is 1.79. The fourth-order valence-corrected chi connectivity index (χ4v) is 3.30. The van der Waals surface area contributed by atoms with Crippen LogP contribution < -0.4 is 10.6 Å². The van der Waals surface area contributed by atoms with Gasteiger partial charge in [-0.3, -0.25) is 4.79 Å². The minimum Gasteiger partial charge on any atom is -0.349 e. The molecule has 0 aromatic heterocycles. The normalized spacial score (nSPS) is 17.9. The number of piperidine rings is 1. The summed E-state index contributed by atoms with van der Waals surface area (Å²) < 4.78 is 0. The second kappa shape index (κ2) is 7.56. The van der Waals surface area contributed by atoms with Crippen molar-refractivity contribution in [3.63, 3.8) is 0 Å². The zero-order valence-electron chi connectivity index (χ0n) is 11.4. The number of carbonyl (C=O) groups is 1. The van der Waals surface area contributed by atoms with Crippen molar-refractivity contribution in [3.8, 4) is 0 Å². The Morgan fingerprint density at radius 2 is 2.05 bits per heavy atom. The van der Waals surface area contributed by atoms with Crippen molar-refractivity contribution in [3.05, 3.63) is 35.9 Å². The smallest absolute Gasteiger partial charge is 0.230 e. The maximum atomic E-state index is 11.9. The second-order valence-corrected chi connectivity index (χ2v) is 6.25. The minimum atomic E-state index is 0.0855. The molecule has 2 rings (SSSR count). The van der Waals surface area contributed by atoms with Gasteiger partial charge in [-0.15, -0.1) is 11.8 Å². The number of nitrogens with one attached hydrogen (secondary N) is 2. The highest BCUT2D eigenvalue weighted by atomic mass is 32.2. The Morgan fingerprint density at radius 1 is 1.37 bits per heavy atom. The van der Waals surface area contributed by atoms with Crippen LogP contribution in [-0.4, -0.2) is 30.0 Å². The van der Waals surface area contributed by atoms with E-state index in [9.17, 15) is 4.79 Å². The van der Waals surface area contributed by atoms with Crippen molar-refractivity contribution in [1.82, 2.24) is 10.6 Å². The largest absolute Gasteiger partial charge is 0.349 e. The Morgan fingerprint density at radius 3 is 2.74 bits per heavy atom. The van der Waals surface area contributed by atoms with Crippen LogP contribution in [0.2, 0.25) is 0 Å². The first-order chi connectivity index (χ1) is 9.25. The van der Waals surface area contributed by atoms with Gasteiger partial charge in [-0.1, -0.05) is 30.3 Å². The van der Waals surface area contributed by atoms with E-state index < -0.39 is 0 Å². The van der Waals surface area contributed by atoms with E-state index in [1.807, 2.05) is 37.3 Å². The van der Waals surface area contributed by atoms with Crippen molar-refractivity contribution in [2.24, 2.45) is 0 Å². The summed E-state index contributed by atoms with van der Waals surface area (Å²) in [4.78, 5) is 11.9. The number of thioether (sulfide) groups is 1. The van der Waals surface area contributed by atoms with Gasteiger partial charge < -0.3 is 10.6 Å². The van der Waals surface area contributed by atoms with Gasteiger partial charge in [-0.25, -0.2) is 0 Å². The third kappa shape index (κ3) is 4.88. The van der Waals surface area contributed by atoms with Crippen LogP contribution in [0, 0.1) is 0 Å². The molecule has 0 bridgehead atoms. The summed E-state index contributed by atoms with van der Waals surface area (Å²) in [5.74, 6) is 0.710. The van der Waals surface area contributed by atoms with E-state index in [0.717, 1.165) is 18.7 Å². The molecule has 0 aliphatic carbocycles. The molecule has 1 aromatic carbocycles. The van der Waals surface area contributed by atoms with Crippen molar-refractivity contribution in [2.45, 2.75) is 31.1 Å². The third-order valence-corrected chi connectivity index (χ3v) is 4.79. The molecule has 1 fully saturated rings. The van der Waals surface area contributed by atoms with Gasteiger partial charge in [0, 0.05) is 5.25 Å². The highest BCUT2D eigenvalue weighted by Gasteiger charge is 2.16. The van der Waals surface area contributed by atoms with E-state index in [-0.39, 0.29) is 11.9 Å². The average Bonchev–Trinajstić information content (AvgIpc) is 2.47. The Labute approximate surface area is 119 Å². The summed E-state index contributed by atoms with van der Waals surface area (Å²) in [6.07, 6.45) is 2.35. The van der Waals surface area contributed by atoms with Crippen LogP contribution >= 0.6 is 11.8 Å². The molecule has 1 aliphatic heterocycles. The standard InChI is InChI=1S/C15H22N2OS/c1-12(13-5-3-2-4-6-13)17-15(18)11-19-14-7-9-16-10-8-14/h2-6,12,14,16H,7-11H2,1H3,(H,17,18). The van der Waals surface area contributed by atoms with Gasteiger partial charge in [0.15, 0.2) is 0 Å². The molecule has 4 heteroatoms. The van der Waals surface area contributed by atoms with Crippen LogP contribution in [0.1, 0.15) is 31.4 Å². The molecular formula is C15H22N2OS. The highest BCUT2D eigenvalue weighted by molar-refractivity contribution is 8.00. The molecule has 1 aliphatic rings. The summed E-state index contributed by atoms with van der Waals surface area (Å²) in [6, 6.07) is 10.2. The topological polar surface area (TPSA) is 41.1 Å². The SMILES string of the molecule is CC(NC(=O)CSC1CCNCC1)c1ccccc1. The van der Waals surface area contributed by atoms with Crippen molar-refractivity contribution >= 4 is 17.7 Å². The molecule has 3 nitrogen and oxygen atoms in total. The lowest BCUT2D eigenvalue weighted by Crippen LogP contribution is -2.32. The van der Waals surface area contributed by atoms with Gasteiger partial charge in [0.25, 0.3) is 0 Å². The van der Waals surface area contributed by atoms with E-state index in [1.54, 1.807) is 11.8 Å². The number of hydrogen-bond acceptors (Lipinski definition) is 3. The van der Waals surface area contributed by atoms with Crippen molar-refractivity contribution in [1.29, 1.82) is 0 Å². The molecule has 1 saturated heterocycles. The van der Waals surface area contributed by atoms with E-state index in [4.69, 9.17) is 0 Å². The monoisotopic (exact) mass is 278 g/mol. The molecule has 0 saturated carbocycles. The highest BCUT2D eigenvalue weighted by Crippen LogP contribution is 2.20. The molecular weight excluding hydrogens is 256 g/mol.